The van der Waals surface area contributed by atoms with Crippen molar-refractivity contribution in [1.29, 1.82) is 0 Å². The molecule has 0 aliphatic heterocycles. The number of rotatable bonds is 13. The van der Waals surface area contributed by atoms with Gasteiger partial charge in [-0.25, -0.2) is 4.79 Å². The minimum absolute atomic E-state index is 0.311. The fraction of sp³-hybridized carbons (Fsp3) is 0.455. The highest BCUT2D eigenvalue weighted by Gasteiger charge is 2.07. The lowest BCUT2D eigenvalue weighted by Crippen LogP contribution is -2.08. The van der Waals surface area contributed by atoms with E-state index in [0.29, 0.717) is 24.5 Å². The van der Waals surface area contributed by atoms with Crippen LogP contribution in [0.15, 0.2) is 48.8 Å². The van der Waals surface area contributed by atoms with E-state index in [1.54, 1.807) is 36.7 Å². The maximum absolute atomic E-state index is 12.0. The van der Waals surface area contributed by atoms with Crippen molar-refractivity contribution < 1.29 is 19.4 Å². The first-order valence-corrected chi connectivity index (χ1v) is 9.75. The Balaban J connectivity index is 1.57. The number of esters is 1. The summed E-state index contributed by atoms with van der Waals surface area (Å²) in [5, 5.41) is 8.72. The van der Waals surface area contributed by atoms with Crippen molar-refractivity contribution in [2.45, 2.75) is 51.4 Å². The lowest BCUT2D eigenvalue weighted by molar-refractivity contribution is 0.0734. The molecule has 2 aromatic rings. The van der Waals surface area contributed by atoms with Gasteiger partial charge in [-0.1, -0.05) is 38.5 Å². The van der Waals surface area contributed by atoms with Crippen molar-refractivity contribution in [3.8, 4) is 11.5 Å². The molecule has 0 amide bonds. The predicted molar refractivity (Wildman–Crippen MR) is 105 cm³/mol. The molecule has 0 unspecified atom stereocenters. The fourth-order valence-corrected chi connectivity index (χ4v) is 2.72. The van der Waals surface area contributed by atoms with Crippen LogP contribution in [0.2, 0.25) is 0 Å². The second kappa shape index (κ2) is 12.9. The Morgan fingerprint density at radius 2 is 1.33 bits per heavy atom. The molecular formula is C22H29NO4. The summed E-state index contributed by atoms with van der Waals surface area (Å²) in [6.07, 6.45) is 12.3. The molecule has 5 heteroatoms. The third-order valence-electron chi connectivity index (χ3n) is 4.27. The standard InChI is InChI=1S/C22H29NO4/c24-17-7-5-3-1-2-4-6-8-18-26-20-9-11-21(12-10-20)27-22(25)19-13-15-23-16-14-19/h9-16,24H,1-8,17-18H2. The molecular weight excluding hydrogens is 342 g/mol. The highest BCUT2D eigenvalue weighted by Crippen LogP contribution is 2.19. The molecule has 1 heterocycles. The molecule has 0 saturated heterocycles. The van der Waals surface area contributed by atoms with Gasteiger partial charge in [0.1, 0.15) is 11.5 Å². The van der Waals surface area contributed by atoms with E-state index in [1.807, 2.05) is 12.1 Å². The van der Waals surface area contributed by atoms with Crippen molar-refractivity contribution in [3.05, 3.63) is 54.4 Å². The van der Waals surface area contributed by atoms with Crippen LogP contribution >= 0.6 is 0 Å². The van der Waals surface area contributed by atoms with Gasteiger partial charge in [0.2, 0.25) is 0 Å². The number of aliphatic hydroxyl groups is 1. The molecule has 5 nitrogen and oxygen atoms in total. The Hall–Kier alpha value is -2.40. The Kier molecular flexibility index (Phi) is 9.97. The van der Waals surface area contributed by atoms with Gasteiger partial charge < -0.3 is 14.6 Å². The summed E-state index contributed by atoms with van der Waals surface area (Å²) < 4.78 is 11.1. The molecule has 146 valence electrons. The average Bonchev–Trinajstić information content (AvgIpc) is 2.71. The van der Waals surface area contributed by atoms with Crippen molar-refractivity contribution in [3.63, 3.8) is 0 Å². The van der Waals surface area contributed by atoms with Crippen molar-refractivity contribution in [2.75, 3.05) is 13.2 Å². The van der Waals surface area contributed by atoms with Gasteiger partial charge >= 0.3 is 5.97 Å². The average molecular weight is 371 g/mol. The minimum atomic E-state index is -0.401. The largest absolute Gasteiger partial charge is 0.494 e. The topological polar surface area (TPSA) is 68.7 Å². The number of hydrogen-bond donors (Lipinski definition) is 1. The molecule has 27 heavy (non-hydrogen) atoms. The second-order valence-electron chi connectivity index (χ2n) is 6.50. The number of carbonyl (C=O) groups is 1. The molecule has 2 rings (SSSR count). The van der Waals surface area contributed by atoms with Crippen molar-refractivity contribution in [1.82, 2.24) is 4.98 Å². The van der Waals surface area contributed by atoms with Gasteiger partial charge in [-0.2, -0.15) is 0 Å². The molecule has 1 N–H and O–H groups in total. The Labute approximate surface area is 161 Å². The summed E-state index contributed by atoms with van der Waals surface area (Å²) in [7, 11) is 0. The number of nitrogens with zero attached hydrogens (tertiary/aromatic N) is 1. The first-order chi connectivity index (χ1) is 13.3. The van der Waals surface area contributed by atoms with Crippen LogP contribution in [-0.4, -0.2) is 29.3 Å². The summed E-state index contributed by atoms with van der Waals surface area (Å²) >= 11 is 0. The van der Waals surface area contributed by atoms with Crippen LogP contribution in [0.5, 0.6) is 11.5 Å². The van der Waals surface area contributed by atoms with E-state index < -0.39 is 5.97 Å². The Morgan fingerprint density at radius 1 is 0.778 bits per heavy atom. The number of unbranched alkanes of at least 4 members (excludes halogenated alkanes) is 7. The first kappa shape index (κ1) is 20.9. The van der Waals surface area contributed by atoms with Crippen molar-refractivity contribution >= 4 is 5.97 Å². The van der Waals surface area contributed by atoms with Gasteiger partial charge in [-0.05, 0) is 49.2 Å². The second-order valence-corrected chi connectivity index (χ2v) is 6.50. The molecule has 1 aromatic carbocycles. The zero-order chi connectivity index (χ0) is 19.2. The quantitative estimate of drug-likeness (QED) is 0.311. The van der Waals surface area contributed by atoms with Crippen LogP contribution in [0.3, 0.4) is 0 Å². The van der Waals surface area contributed by atoms with Gasteiger partial charge in [-0.3, -0.25) is 4.98 Å². The zero-order valence-electron chi connectivity index (χ0n) is 15.8. The van der Waals surface area contributed by atoms with Crippen LogP contribution in [0.25, 0.3) is 0 Å². The summed E-state index contributed by atoms with van der Waals surface area (Å²) in [5.74, 6) is 0.871. The smallest absolute Gasteiger partial charge is 0.343 e. The van der Waals surface area contributed by atoms with E-state index in [-0.39, 0.29) is 0 Å². The molecule has 0 aliphatic rings. The SMILES string of the molecule is O=C(Oc1ccc(OCCCCCCCCCCO)cc1)c1ccncc1. The number of benzene rings is 1. The molecule has 0 saturated carbocycles. The lowest BCUT2D eigenvalue weighted by atomic mass is 10.1. The van der Waals surface area contributed by atoms with E-state index in [4.69, 9.17) is 14.6 Å². The summed E-state index contributed by atoms with van der Waals surface area (Å²) in [6, 6.07) is 10.3. The fourth-order valence-electron chi connectivity index (χ4n) is 2.72. The maximum Gasteiger partial charge on any atom is 0.343 e. The first-order valence-electron chi connectivity index (χ1n) is 9.75. The van der Waals surface area contributed by atoms with E-state index in [2.05, 4.69) is 4.98 Å². The summed E-state index contributed by atoms with van der Waals surface area (Å²) in [4.78, 5) is 15.9. The third kappa shape index (κ3) is 8.69. The molecule has 0 aliphatic carbocycles. The number of pyridine rings is 1. The highest BCUT2D eigenvalue weighted by atomic mass is 16.5. The molecule has 0 bridgehead atoms. The van der Waals surface area contributed by atoms with E-state index >= 15 is 0 Å². The number of aliphatic hydroxyl groups excluding tert-OH is 1. The maximum atomic E-state index is 12.0. The lowest BCUT2D eigenvalue weighted by Gasteiger charge is -2.08. The zero-order valence-corrected chi connectivity index (χ0v) is 15.8. The van der Waals surface area contributed by atoms with Gasteiger partial charge in [0, 0.05) is 19.0 Å². The van der Waals surface area contributed by atoms with Crippen LogP contribution in [0, 0.1) is 0 Å². The Morgan fingerprint density at radius 3 is 1.96 bits per heavy atom. The normalized spacial score (nSPS) is 10.6. The third-order valence-corrected chi connectivity index (χ3v) is 4.27. The number of ether oxygens (including phenoxy) is 2. The number of aromatic nitrogens is 1. The van der Waals surface area contributed by atoms with Gasteiger partial charge in [0.25, 0.3) is 0 Å². The van der Waals surface area contributed by atoms with Crippen LogP contribution in [0.1, 0.15) is 61.7 Å². The van der Waals surface area contributed by atoms with Crippen molar-refractivity contribution in [2.24, 2.45) is 0 Å². The van der Waals surface area contributed by atoms with E-state index in [9.17, 15) is 4.79 Å². The molecule has 1 aromatic heterocycles. The predicted octanol–water partition coefficient (Wildman–Crippen LogP) is 4.79. The number of carbonyl (C=O) groups excluding carboxylic acids is 1. The summed E-state index contributed by atoms with van der Waals surface area (Å²) in [6.45, 7) is 1.01. The summed E-state index contributed by atoms with van der Waals surface area (Å²) in [5.41, 5.74) is 0.471. The monoisotopic (exact) mass is 371 g/mol. The van der Waals surface area contributed by atoms with Crippen LogP contribution in [0.4, 0.5) is 0 Å². The van der Waals surface area contributed by atoms with Gasteiger partial charge in [0.15, 0.2) is 0 Å². The van der Waals surface area contributed by atoms with E-state index in [1.165, 1.54) is 32.1 Å². The van der Waals surface area contributed by atoms with Crippen LogP contribution < -0.4 is 9.47 Å². The minimum Gasteiger partial charge on any atom is -0.494 e. The number of hydrogen-bond acceptors (Lipinski definition) is 5. The molecule has 0 atom stereocenters. The molecule has 0 spiro atoms. The molecule has 0 fully saturated rings. The van der Waals surface area contributed by atoms with Crippen LogP contribution in [-0.2, 0) is 0 Å². The van der Waals surface area contributed by atoms with Gasteiger partial charge in [0.05, 0.1) is 12.2 Å². The van der Waals surface area contributed by atoms with E-state index in [0.717, 1.165) is 25.0 Å². The highest BCUT2D eigenvalue weighted by molar-refractivity contribution is 5.90. The molecule has 0 radical (unpaired) electrons. The Bertz CT molecular complexity index is 643. The van der Waals surface area contributed by atoms with Gasteiger partial charge in [-0.15, -0.1) is 0 Å².